The van der Waals surface area contributed by atoms with Crippen LogP contribution < -0.4 is 9.46 Å². The third-order valence-electron chi connectivity index (χ3n) is 2.62. The van der Waals surface area contributed by atoms with Gasteiger partial charge in [-0.15, -0.1) is 0 Å². The van der Waals surface area contributed by atoms with Gasteiger partial charge < -0.3 is 4.74 Å². The molecule has 2 aromatic carbocycles. The lowest BCUT2D eigenvalue weighted by Crippen LogP contribution is -2.12. The van der Waals surface area contributed by atoms with Crippen LogP contribution in [0.4, 0.5) is 5.69 Å². The zero-order valence-corrected chi connectivity index (χ0v) is 14.3. The van der Waals surface area contributed by atoms with E-state index in [0.29, 0.717) is 27.5 Å². The summed E-state index contributed by atoms with van der Waals surface area (Å²) in [5.74, 6) is 0.690. The molecule has 0 heterocycles. The number of hydrogen-bond acceptors (Lipinski definition) is 3. The third kappa shape index (κ3) is 4.12. The highest BCUT2D eigenvalue weighted by atomic mass is 79.9. The fourth-order valence-corrected chi connectivity index (χ4v) is 3.38. The van der Waals surface area contributed by atoms with Crippen molar-refractivity contribution in [1.29, 1.82) is 0 Å². The van der Waals surface area contributed by atoms with E-state index in [1.807, 2.05) is 6.92 Å². The van der Waals surface area contributed by atoms with Crippen LogP contribution in [-0.4, -0.2) is 15.0 Å². The van der Waals surface area contributed by atoms with Crippen LogP contribution in [0.15, 0.2) is 51.8 Å². The zero-order chi connectivity index (χ0) is 15.5. The molecule has 2 rings (SSSR count). The van der Waals surface area contributed by atoms with Crippen LogP contribution >= 0.6 is 27.5 Å². The largest absolute Gasteiger partial charge is 0.494 e. The van der Waals surface area contributed by atoms with Gasteiger partial charge in [0.2, 0.25) is 0 Å². The molecule has 0 fully saturated rings. The normalized spacial score (nSPS) is 11.2. The van der Waals surface area contributed by atoms with Gasteiger partial charge in [-0.05, 0) is 65.3 Å². The van der Waals surface area contributed by atoms with Crippen LogP contribution in [-0.2, 0) is 10.0 Å². The number of anilines is 1. The third-order valence-corrected chi connectivity index (χ3v) is 5.21. The van der Waals surface area contributed by atoms with Gasteiger partial charge in [0.25, 0.3) is 10.0 Å². The molecule has 0 aliphatic rings. The van der Waals surface area contributed by atoms with Crippen molar-refractivity contribution < 1.29 is 13.2 Å². The predicted molar refractivity (Wildman–Crippen MR) is 87.6 cm³/mol. The first-order valence-corrected chi connectivity index (χ1v) is 8.78. The minimum Gasteiger partial charge on any atom is -0.494 e. The Balaban J connectivity index is 2.22. The van der Waals surface area contributed by atoms with Gasteiger partial charge in [-0.1, -0.05) is 11.6 Å². The van der Waals surface area contributed by atoms with Gasteiger partial charge in [-0.2, -0.15) is 0 Å². The van der Waals surface area contributed by atoms with Gasteiger partial charge in [0.05, 0.1) is 16.5 Å². The van der Waals surface area contributed by atoms with E-state index in [4.69, 9.17) is 16.3 Å². The van der Waals surface area contributed by atoms with Crippen molar-refractivity contribution in [2.45, 2.75) is 11.8 Å². The molecule has 0 amide bonds. The molecule has 0 saturated carbocycles. The summed E-state index contributed by atoms with van der Waals surface area (Å²) in [7, 11) is -3.66. The average Bonchev–Trinajstić information content (AvgIpc) is 2.44. The first-order chi connectivity index (χ1) is 9.92. The van der Waals surface area contributed by atoms with Crippen LogP contribution in [0.3, 0.4) is 0 Å². The molecule has 112 valence electrons. The second kappa shape index (κ2) is 6.68. The molecule has 2 aromatic rings. The summed E-state index contributed by atoms with van der Waals surface area (Å²) in [4.78, 5) is 0.132. The van der Waals surface area contributed by atoms with Gasteiger partial charge in [0.1, 0.15) is 5.75 Å². The summed E-state index contributed by atoms with van der Waals surface area (Å²) < 4.78 is 32.9. The molecule has 1 N–H and O–H groups in total. The first kappa shape index (κ1) is 16.1. The Hall–Kier alpha value is -1.24. The lowest BCUT2D eigenvalue weighted by Gasteiger charge is -2.10. The van der Waals surface area contributed by atoms with Crippen molar-refractivity contribution in [1.82, 2.24) is 0 Å². The molecule has 21 heavy (non-hydrogen) atoms. The maximum atomic E-state index is 12.3. The van der Waals surface area contributed by atoms with Gasteiger partial charge in [0.15, 0.2) is 0 Å². The standard InChI is InChI=1S/C14H13BrClNO3S/c1-2-20-11-5-3-10(4-6-11)17-21(18,19)12-7-8-14(16)13(15)9-12/h3-9,17H,2H2,1H3. The minimum atomic E-state index is -3.66. The molecule has 0 saturated heterocycles. The summed E-state index contributed by atoms with van der Waals surface area (Å²) in [6.07, 6.45) is 0. The number of nitrogens with one attached hydrogen (secondary N) is 1. The number of benzene rings is 2. The average molecular weight is 391 g/mol. The second-order valence-electron chi connectivity index (χ2n) is 4.14. The zero-order valence-electron chi connectivity index (χ0n) is 11.1. The number of hydrogen-bond donors (Lipinski definition) is 1. The molecule has 0 aliphatic carbocycles. The van der Waals surface area contributed by atoms with Gasteiger partial charge in [-0.3, -0.25) is 4.72 Å². The summed E-state index contributed by atoms with van der Waals surface area (Å²) in [6.45, 7) is 2.44. The van der Waals surface area contributed by atoms with Crippen LogP contribution in [0.1, 0.15) is 6.92 Å². The molecule has 0 radical (unpaired) electrons. The van der Waals surface area contributed by atoms with Gasteiger partial charge in [0, 0.05) is 10.2 Å². The Bertz CT molecular complexity index is 732. The Labute approximate surface area is 137 Å². The lowest BCUT2D eigenvalue weighted by atomic mass is 10.3. The first-order valence-electron chi connectivity index (χ1n) is 6.13. The van der Waals surface area contributed by atoms with E-state index >= 15 is 0 Å². The smallest absolute Gasteiger partial charge is 0.261 e. The number of rotatable bonds is 5. The summed E-state index contributed by atoms with van der Waals surface area (Å²) in [5.41, 5.74) is 0.463. The van der Waals surface area contributed by atoms with Crippen molar-refractivity contribution in [2.75, 3.05) is 11.3 Å². The lowest BCUT2D eigenvalue weighted by molar-refractivity contribution is 0.340. The second-order valence-corrected chi connectivity index (χ2v) is 7.08. The highest BCUT2D eigenvalue weighted by molar-refractivity contribution is 9.10. The summed E-state index contributed by atoms with van der Waals surface area (Å²) in [6, 6.07) is 11.1. The Morgan fingerprint density at radius 3 is 2.43 bits per heavy atom. The van der Waals surface area contributed by atoms with Gasteiger partial charge in [-0.25, -0.2) is 8.42 Å². The van der Waals surface area contributed by atoms with E-state index in [-0.39, 0.29) is 4.90 Å². The molecular weight excluding hydrogens is 378 g/mol. The Kier molecular flexibility index (Phi) is 5.13. The molecule has 4 nitrogen and oxygen atoms in total. The molecule has 0 aliphatic heterocycles. The molecule has 7 heteroatoms. The number of halogens is 2. The quantitative estimate of drug-likeness (QED) is 0.828. The Morgan fingerprint density at radius 1 is 1.19 bits per heavy atom. The monoisotopic (exact) mass is 389 g/mol. The van der Waals surface area contributed by atoms with Crippen LogP contribution in [0.2, 0.25) is 5.02 Å². The molecular formula is C14H13BrClNO3S. The van der Waals surface area contributed by atoms with E-state index in [2.05, 4.69) is 20.7 Å². The molecule has 0 spiro atoms. The predicted octanol–water partition coefficient (Wildman–Crippen LogP) is 4.30. The van der Waals surface area contributed by atoms with Crippen molar-refractivity contribution in [2.24, 2.45) is 0 Å². The topological polar surface area (TPSA) is 55.4 Å². The van der Waals surface area contributed by atoms with E-state index in [9.17, 15) is 8.42 Å². The van der Waals surface area contributed by atoms with Crippen molar-refractivity contribution in [3.05, 3.63) is 52.0 Å². The highest BCUT2D eigenvalue weighted by Crippen LogP contribution is 2.26. The van der Waals surface area contributed by atoms with E-state index in [0.717, 1.165) is 0 Å². The van der Waals surface area contributed by atoms with E-state index < -0.39 is 10.0 Å². The number of sulfonamides is 1. The minimum absolute atomic E-state index is 0.132. The molecule has 0 bridgehead atoms. The van der Waals surface area contributed by atoms with Crippen LogP contribution in [0.25, 0.3) is 0 Å². The molecule has 0 aromatic heterocycles. The molecule has 0 unspecified atom stereocenters. The fourth-order valence-electron chi connectivity index (χ4n) is 1.64. The van der Waals surface area contributed by atoms with E-state index in [1.165, 1.54) is 18.2 Å². The summed E-state index contributed by atoms with van der Waals surface area (Å²) in [5, 5.41) is 0.454. The number of ether oxygens (including phenoxy) is 1. The fraction of sp³-hybridized carbons (Fsp3) is 0.143. The highest BCUT2D eigenvalue weighted by Gasteiger charge is 2.15. The summed E-state index contributed by atoms with van der Waals surface area (Å²) >= 11 is 9.07. The maximum Gasteiger partial charge on any atom is 0.261 e. The van der Waals surface area contributed by atoms with E-state index in [1.54, 1.807) is 24.3 Å². The van der Waals surface area contributed by atoms with Crippen molar-refractivity contribution >= 4 is 43.2 Å². The maximum absolute atomic E-state index is 12.3. The van der Waals surface area contributed by atoms with Crippen molar-refractivity contribution in [3.63, 3.8) is 0 Å². The van der Waals surface area contributed by atoms with Gasteiger partial charge >= 0.3 is 0 Å². The van der Waals surface area contributed by atoms with Crippen LogP contribution in [0.5, 0.6) is 5.75 Å². The van der Waals surface area contributed by atoms with Crippen molar-refractivity contribution in [3.8, 4) is 5.75 Å². The SMILES string of the molecule is CCOc1ccc(NS(=O)(=O)c2ccc(Cl)c(Br)c2)cc1. The van der Waals surface area contributed by atoms with Crippen LogP contribution in [0, 0.1) is 0 Å². The molecule has 0 atom stereocenters. The Morgan fingerprint density at radius 2 is 1.86 bits per heavy atom.